The topological polar surface area (TPSA) is 115 Å². The molecule has 3 aromatic heterocycles. The zero-order valence-corrected chi connectivity index (χ0v) is 17.2. The predicted octanol–water partition coefficient (Wildman–Crippen LogP) is 2.73. The minimum Gasteiger partial charge on any atom is -0.350 e. The van der Waals surface area contributed by atoms with Crippen LogP contribution in [0.25, 0.3) is 16.6 Å². The Balaban J connectivity index is 1.80. The lowest BCUT2D eigenvalue weighted by atomic mass is 9.83. The number of rotatable bonds is 4. The number of nitrogens with zero attached hydrogens (tertiary/aromatic N) is 7. The van der Waals surface area contributed by atoms with Crippen molar-refractivity contribution in [3.8, 4) is 0 Å². The quantitative estimate of drug-likeness (QED) is 0.416. The van der Waals surface area contributed by atoms with E-state index in [1.165, 1.54) is 7.05 Å². The van der Waals surface area contributed by atoms with Gasteiger partial charge in [0.1, 0.15) is 5.69 Å². The van der Waals surface area contributed by atoms with Crippen LogP contribution in [0.2, 0.25) is 0 Å². The van der Waals surface area contributed by atoms with E-state index in [9.17, 15) is 4.79 Å². The summed E-state index contributed by atoms with van der Waals surface area (Å²) in [7, 11) is 1.49. The lowest BCUT2D eigenvalue weighted by Gasteiger charge is -2.23. The second kappa shape index (κ2) is 7.18. The van der Waals surface area contributed by atoms with E-state index in [2.05, 4.69) is 51.4 Å². The Morgan fingerprint density at radius 3 is 2.73 bits per heavy atom. The number of aromatic nitrogens is 5. The molecule has 0 spiro atoms. The lowest BCUT2D eigenvalue weighted by molar-refractivity contribution is 0.220. The molecule has 0 atom stereocenters. The van der Waals surface area contributed by atoms with Crippen molar-refractivity contribution >= 4 is 28.3 Å². The maximum Gasteiger partial charge on any atom is 0.334 e. The van der Waals surface area contributed by atoms with Gasteiger partial charge in [0.25, 0.3) is 0 Å². The van der Waals surface area contributed by atoms with Crippen LogP contribution < -0.4 is 5.73 Å². The number of carbonyl (C=O) groups is 1. The second-order valence-electron chi connectivity index (χ2n) is 7.60. The Labute approximate surface area is 173 Å². The van der Waals surface area contributed by atoms with Crippen molar-refractivity contribution in [1.82, 2.24) is 29.8 Å². The summed E-state index contributed by atoms with van der Waals surface area (Å²) in [5.74, 6) is 0.693. The minimum absolute atomic E-state index is 0.468. The fraction of sp³-hybridized carbons (Fsp3) is 0.238. The smallest absolute Gasteiger partial charge is 0.334 e. The molecule has 30 heavy (non-hydrogen) atoms. The first-order valence-electron chi connectivity index (χ1n) is 9.44. The number of carbonyl (C=O) groups excluding carboxylic acids is 1. The van der Waals surface area contributed by atoms with Gasteiger partial charge in [0.2, 0.25) is 0 Å². The van der Waals surface area contributed by atoms with Gasteiger partial charge in [-0.05, 0) is 56.7 Å². The Morgan fingerprint density at radius 1 is 1.17 bits per heavy atom. The molecular weight excluding hydrogens is 380 g/mol. The summed E-state index contributed by atoms with van der Waals surface area (Å²) in [5.41, 5.74) is 8.56. The Hall–Kier alpha value is -3.88. The van der Waals surface area contributed by atoms with Gasteiger partial charge in [0.15, 0.2) is 11.5 Å². The summed E-state index contributed by atoms with van der Waals surface area (Å²) in [4.78, 5) is 15.7. The van der Waals surface area contributed by atoms with Crippen molar-refractivity contribution < 1.29 is 4.79 Å². The number of pyridine rings is 1. The fourth-order valence-electron chi connectivity index (χ4n) is 3.29. The Morgan fingerprint density at radius 2 is 1.97 bits per heavy atom. The zero-order valence-electron chi connectivity index (χ0n) is 17.2. The van der Waals surface area contributed by atoms with E-state index >= 15 is 0 Å². The Bertz CT molecular complexity index is 1290. The van der Waals surface area contributed by atoms with Crippen molar-refractivity contribution in [3.05, 3.63) is 65.7 Å². The highest BCUT2D eigenvalue weighted by Gasteiger charge is 2.30. The van der Waals surface area contributed by atoms with E-state index in [0.29, 0.717) is 22.9 Å². The first-order chi connectivity index (χ1) is 14.3. The number of urea groups is 1. The summed E-state index contributed by atoms with van der Waals surface area (Å²) < 4.78 is 1.71. The molecule has 0 unspecified atom stereocenters. The molecule has 3 heterocycles. The van der Waals surface area contributed by atoms with Gasteiger partial charge in [-0.15, -0.1) is 10.2 Å². The van der Waals surface area contributed by atoms with Crippen LogP contribution >= 0.6 is 0 Å². The van der Waals surface area contributed by atoms with Crippen LogP contribution in [0.15, 0.2) is 53.8 Å². The molecule has 0 radical (unpaired) electrons. The summed E-state index contributed by atoms with van der Waals surface area (Å²) in [6.45, 7) is 5.92. The summed E-state index contributed by atoms with van der Waals surface area (Å²) in [6, 6.07) is 13.1. The van der Waals surface area contributed by atoms with E-state index < -0.39 is 11.4 Å². The summed E-state index contributed by atoms with van der Waals surface area (Å²) in [5, 5.41) is 19.7. The molecule has 0 saturated heterocycles. The second-order valence-corrected chi connectivity index (χ2v) is 7.60. The van der Waals surface area contributed by atoms with Crippen LogP contribution in [-0.2, 0) is 5.41 Å². The van der Waals surface area contributed by atoms with Crippen LogP contribution in [0.3, 0.4) is 0 Å². The van der Waals surface area contributed by atoms with Crippen LogP contribution in [0.5, 0.6) is 0 Å². The molecule has 9 nitrogen and oxygen atoms in total. The standard InChI is InChI=1S/C21H22N8O/c1-13(26-28(4)20(22)30)16-9-10-18-24-25-19(29(18)27-16)21(2,3)15-7-8-17-14(12-15)6-5-11-23-17/h5-12H,1-4H3,(H2,22,30)/b26-13+. The largest absolute Gasteiger partial charge is 0.350 e. The average molecular weight is 402 g/mol. The number of amides is 2. The molecule has 4 rings (SSSR count). The van der Waals surface area contributed by atoms with Gasteiger partial charge in [-0.25, -0.2) is 9.80 Å². The van der Waals surface area contributed by atoms with E-state index in [-0.39, 0.29) is 0 Å². The molecule has 4 aromatic rings. The minimum atomic E-state index is -0.646. The number of nitrogens with two attached hydrogens (primary N) is 1. The normalized spacial score (nSPS) is 12.5. The van der Waals surface area contributed by atoms with E-state index in [1.54, 1.807) is 23.7 Å². The van der Waals surface area contributed by atoms with Crippen LogP contribution in [-0.4, -0.2) is 48.6 Å². The molecule has 0 aliphatic rings. The maximum atomic E-state index is 11.3. The molecule has 0 fully saturated rings. The molecule has 0 saturated carbocycles. The summed E-state index contributed by atoms with van der Waals surface area (Å²) >= 11 is 0. The van der Waals surface area contributed by atoms with Crippen LogP contribution in [0.1, 0.15) is 37.9 Å². The number of hydrogen-bond donors (Lipinski definition) is 1. The van der Waals surface area contributed by atoms with Crippen LogP contribution in [0.4, 0.5) is 4.79 Å². The maximum absolute atomic E-state index is 11.3. The van der Waals surface area contributed by atoms with Crippen LogP contribution in [0, 0.1) is 0 Å². The van der Waals surface area contributed by atoms with Crippen molar-refractivity contribution in [3.63, 3.8) is 0 Å². The first kappa shape index (κ1) is 19.4. The molecule has 0 aliphatic heterocycles. The van der Waals surface area contributed by atoms with Gasteiger partial charge in [0.05, 0.1) is 16.6 Å². The monoisotopic (exact) mass is 402 g/mol. The van der Waals surface area contributed by atoms with Gasteiger partial charge in [-0.1, -0.05) is 12.1 Å². The molecule has 152 valence electrons. The molecule has 2 amide bonds. The van der Waals surface area contributed by atoms with E-state index in [4.69, 9.17) is 5.73 Å². The molecule has 0 aliphatic carbocycles. The number of primary amides is 1. The highest BCUT2D eigenvalue weighted by Crippen LogP contribution is 2.31. The number of hydrazone groups is 1. The molecule has 1 aromatic carbocycles. The fourth-order valence-corrected chi connectivity index (χ4v) is 3.29. The van der Waals surface area contributed by atoms with E-state index in [1.807, 2.05) is 24.3 Å². The number of fused-ring (bicyclic) bond motifs is 2. The predicted molar refractivity (Wildman–Crippen MR) is 114 cm³/mol. The van der Waals surface area contributed by atoms with Gasteiger partial charge >= 0.3 is 6.03 Å². The van der Waals surface area contributed by atoms with Gasteiger partial charge in [-0.2, -0.15) is 14.7 Å². The molecule has 2 N–H and O–H groups in total. The molecular formula is C21H22N8O. The highest BCUT2D eigenvalue weighted by molar-refractivity contribution is 5.97. The zero-order chi connectivity index (χ0) is 21.5. The number of hydrogen-bond acceptors (Lipinski definition) is 6. The van der Waals surface area contributed by atoms with Gasteiger partial charge in [-0.3, -0.25) is 4.98 Å². The van der Waals surface area contributed by atoms with Crippen molar-refractivity contribution in [2.24, 2.45) is 10.8 Å². The third-order valence-electron chi connectivity index (χ3n) is 5.14. The molecule has 9 heteroatoms. The Kier molecular flexibility index (Phi) is 4.65. The van der Waals surface area contributed by atoms with Gasteiger partial charge < -0.3 is 5.73 Å². The van der Waals surface area contributed by atoms with Crippen molar-refractivity contribution in [1.29, 1.82) is 0 Å². The summed E-state index contributed by atoms with van der Waals surface area (Å²) in [6.07, 6.45) is 1.78. The van der Waals surface area contributed by atoms with Gasteiger partial charge in [0, 0.05) is 18.6 Å². The average Bonchev–Trinajstić information content (AvgIpc) is 3.17. The number of benzene rings is 1. The molecule has 0 bridgehead atoms. The third kappa shape index (κ3) is 3.34. The third-order valence-corrected chi connectivity index (χ3v) is 5.14. The van der Waals surface area contributed by atoms with Crippen molar-refractivity contribution in [2.45, 2.75) is 26.2 Å². The van der Waals surface area contributed by atoms with Crippen molar-refractivity contribution in [2.75, 3.05) is 7.05 Å². The SMILES string of the molecule is C/C(=N\N(C)C(N)=O)c1ccc2nnc(C(C)(C)c3ccc4ncccc4c3)n2n1. The first-order valence-corrected chi connectivity index (χ1v) is 9.44. The van der Waals surface area contributed by atoms with E-state index in [0.717, 1.165) is 21.5 Å². The highest BCUT2D eigenvalue weighted by atomic mass is 16.2. The lowest BCUT2D eigenvalue weighted by Crippen LogP contribution is -2.28.